The van der Waals surface area contributed by atoms with E-state index in [1.807, 2.05) is 30.3 Å². The summed E-state index contributed by atoms with van der Waals surface area (Å²) < 4.78 is 0. The number of hydrogen-bond acceptors (Lipinski definition) is 7. The fraction of sp³-hybridized carbons (Fsp3) is 0.263. The van der Waals surface area contributed by atoms with Crippen LogP contribution in [0.3, 0.4) is 0 Å². The minimum absolute atomic E-state index is 0.105. The van der Waals surface area contributed by atoms with Crippen LogP contribution in [-0.2, 0) is 0 Å². The zero-order valence-corrected chi connectivity index (χ0v) is 14.8. The molecule has 1 aliphatic rings. The molecule has 8 nitrogen and oxygen atoms in total. The molecular formula is C19H21N7O. The van der Waals surface area contributed by atoms with Gasteiger partial charge in [0.15, 0.2) is 11.5 Å². The van der Waals surface area contributed by atoms with E-state index in [1.165, 1.54) is 0 Å². The molecule has 1 amide bonds. The molecule has 2 aromatic heterocycles. The smallest absolute Gasteiger partial charge is 0.271 e. The quantitative estimate of drug-likeness (QED) is 0.548. The number of aromatic nitrogens is 3. The first-order valence-electron chi connectivity index (χ1n) is 8.95. The molecule has 1 saturated heterocycles. The van der Waals surface area contributed by atoms with Crippen molar-refractivity contribution in [3.63, 3.8) is 0 Å². The molecule has 3 aromatic rings. The predicted octanol–water partition coefficient (Wildman–Crippen LogP) is 2.03. The van der Waals surface area contributed by atoms with E-state index in [-0.39, 0.29) is 11.7 Å². The molecule has 0 saturated carbocycles. The third kappa shape index (κ3) is 3.95. The summed E-state index contributed by atoms with van der Waals surface area (Å²) in [4.78, 5) is 24.8. The minimum Gasteiger partial charge on any atom is -0.365 e. The van der Waals surface area contributed by atoms with Gasteiger partial charge in [-0.3, -0.25) is 9.78 Å². The normalized spacial score (nSPS) is 16.8. The van der Waals surface area contributed by atoms with Gasteiger partial charge in [0.2, 0.25) is 0 Å². The molecule has 0 radical (unpaired) electrons. The third-order valence-electron chi connectivity index (χ3n) is 4.52. The van der Waals surface area contributed by atoms with Crippen LogP contribution in [-0.4, -0.2) is 40.0 Å². The molecule has 1 atom stereocenters. The second-order valence-electron chi connectivity index (χ2n) is 6.54. The van der Waals surface area contributed by atoms with Gasteiger partial charge in [-0.1, -0.05) is 6.07 Å². The highest BCUT2D eigenvalue weighted by Gasteiger charge is 2.17. The monoisotopic (exact) mass is 363 g/mol. The summed E-state index contributed by atoms with van der Waals surface area (Å²) >= 11 is 0. The first-order valence-corrected chi connectivity index (χ1v) is 8.95. The number of carbonyl (C=O) groups is 1. The molecule has 1 fully saturated rings. The number of piperidine rings is 1. The Morgan fingerprint density at radius 1 is 1.26 bits per heavy atom. The number of anilines is 3. The average Bonchev–Trinajstić information content (AvgIpc) is 2.69. The van der Waals surface area contributed by atoms with Crippen molar-refractivity contribution in [2.75, 3.05) is 23.7 Å². The number of nitrogens with two attached hydrogens (primary N) is 1. The number of carbonyl (C=O) groups excluding carboxylic acids is 1. The van der Waals surface area contributed by atoms with Crippen LogP contribution >= 0.6 is 0 Å². The first kappa shape index (κ1) is 17.2. The van der Waals surface area contributed by atoms with Crippen LogP contribution in [0, 0.1) is 0 Å². The summed E-state index contributed by atoms with van der Waals surface area (Å²) in [6.45, 7) is 1.91. The summed E-state index contributed by atoms with van der Waals surface area (Å²) in [5.41, 5.74) is 7.25. The van der Waals surface area contributed by atoms with E-state index in [0.717, 1.165) is 42.5 Å². The fourth-order valence-corrected chi connectivity index (χ4v) is 3.20. The number of nitrogens with one attached hydrogen (secondary N) is 3. The van der Waals surface area contributed by atoms with Crippen LogP contribution in [0.25, 0.3) is 10.9 Å². The largest absolute Gasteiger partial charge is 0.365 e. The SMILES string of the molecule is NC(=O)c1ncc(NC2CCCNC2)nc1Nc1ccc2ncccc2c1. The molecule has 1 aromatic carbocycles. The van der Waals surface area contributed by atoms with Crippen molar-refractivity contribution in [2.45, 2.75) is 18.9 Å². The lowest BCUT2D eigenvalue weighted by molar-refractivity contribution is 0.0996. The van der Waals surface area contributed by atoms with Crippen molar-refractivity contribution in [2.24, 2.45) is 5.73 Å². The predicted molar refractivity (Wildman–Crippen MR) is 105 cm³/mol. The number of hydrogen-bond donors (Lipinski definition) is 4. The summed E-state index contributed by atoms with van der Waals surface area (Å²) in [5, 5.41) is 10.9. The van der Waals surface area contributed by atoms with Crippen LogP contribution in [0.5, 0.6) is 0 Å². The highest BCUT2D eigenvalue weighted by molar-refractivity contribution is 5.96. The van der Waals surface area contributed by atoms with Gasteiger partial charge >= 0.3 is 0 Å². The van der Waals surface area contributed by atoms with Gasteiger partial charge in [-0.2, -0.15) is 0 Å². The molecule has 3 heterocycles. The second-order valence-corrected chi connectivity index (χ2v) is 6.54. The molecule has 4 rings (SSSR count). The number of benzene rings is 1. The van der Waals surface area contributed by atoms with Gasteiger partial charge in [0.05, 0.1) is 11.7 Å². The Labute approximate surface area is 156 Å². The summed E-state index contributed by atoms with van der Waals surface area (Å²) in [7, 11) is 0. The van der Waals surface area contributed by atoms with Crippen LogP contribution < -0.4 is 21.7 Å². The minimum atomic E-state index is -0.627. The summed E-state index contributed by atoms with van der Waals surface area (Å²) in [6, 6.07) is 9.87. The maximum atomic E-state index is 11.8. The molecule has 138 valence electrons. The molecule has 1 unspecified atom stereocenters. The van der Waals surface area contributed by atoms with Gasteiger partial charge in [-0.25, -0.2) is 9.97 Å². The standard InChI is InChI=1S/C19H21N7O/c20-18(27)17-19(25-13-5-6-15-12(9-13)3-1-8-22-15)26-16(11-23-17)24-14-4-2-7-21-10-14/h1,3,5-6,8-9,11,14,21H,2,4,7,10H2,(H2,20,27)(H2,24,25,26). The molecule has 0 aliphatic carbocycles. The van der Waals surface area contributed by atoms with Crippen molar-refractivity contribution < 1.29 is 4.79 Å². The number of amides is 1. The van der Waals surface area contributed by atoms with Gasteiger partial charge < -0.3 is 21.7 Å². The lowest BCUT2D eigenvalue weighted by atomic mass is 10.1. The highest BCUT2D eigenvalue weighted by Crippen LogP contribution is 2.23. The first-order chi connectivity index (χ1) is 13.2. The fourth-order valence-electron chi connectivity index (χ4n) is 3.20. The molecule has 5 N–H and O–H groups in total. The Bertz CT molecular complexity index is 969. The Morgan fingerprint density at radius 3 is 3.00 bits per heavy atom. The lowest BCUT2D eigenvalue weighted by Crippen LogP contribution is -2.38. The van der Waals surface area contributed by atoms with Crippen LogP contribution in [0.1, 0.15) is 23.3 Å². The van der Waals surface area contributed by atoms with Crippen LogP contribution in [0.15, 0.2) is 42.7 Å². The van der Waals surface area contributed by atoms with Crippen molar-refractivity contribution >= 4 is 34.1 Å². The maximum absolute atomic E-state index is 11.8. The molecular weight excluding hydrogens is 342 g/mol. The molecule has 0 spiro atoms. The molecule has 1 aliphatic heterocycles. The molecule has 0 bridgehead atoms. The second kappa shape index (κ2) is 7.55. The zero-order chi connectivity index (χ0) is 18.6. The number of rotatable bonds is 5. The Morgan fingerprint density at radius 2 is 2.19 bits per heavy atom. The van der Waals surface area contributed by atoms with Crippen LogP contribution in [0.4, 0.5) is 17.3 Å². The van der Waals surface area contributed by atoms with E-state index in [9.17, 15) is 4.79 Å². The van der Waals surface area contributed by atoms with E-state index in [2.05, 4.69) is 30.9 Å². The van der Waals surface area contributed by atoms with Gasteiger partial charge in [0.1, 0.15) is 5.82 Å². The third-order valence-corrected chi connectivity index (χ3v) is 4.52. The van der Waals surface area contributed by atoms with Gasteiger partial charge in [-0.15, -0.1) is 0 Å². The topological polar surface area (TPSA) is 118 Å². The maximum Gasteiger partial charge on any atom is 0.271 e. The number of primary amides is 1. The summed E-state index contributed by atoms with van der Waals surface area (Å²) in [5.74, 6) is 0.316. The number of fused-ring (bicyclic) bond motifs is 1. The van der Waals surface area contributed by atoms with Crippen molar-refractivity contribution in [1.29, 1.82) is 0 Å². The Kier molecular flexibility index (Phi) is 4.80. The van der Waals surface area contributed by atoms with E-state index in [1.54, 1.807) is 12.4 Å². The van der Waals surface area contributed by atoms with Crippen molar-refractivity contribution in [3.8, 4) is 0 Å². The summed E-state index contributed by atoms with van der Waals surface area (Å²) in [6.07, 6.45) is 5.47. The highest BCUT2D eigenvalue weighted by atomic mass is 16.1. The van der Waals surface area contributed by atoms with Gasteiger partial charge in [0.25, 0.3) is 5.91 Å². The van der Waals surface area contributed by atoms with Crippen LogP contribution in [0.2, 0.25) is 0 Å². The van der Waals surface area contributed by atoms with Gasteiger partial charge in [0, 0.05) is 29.9 Å². The Hall–Kier alpha value is -3.26. The zero-order valence-electron chi connectivity index (χ0n) is 14.8. The number of nitrogens with zero attached hydrogens (tertiary/aromatic N) is 3. The van der Waals surface area contributed by atoms with E-state index >= 15 is 0 Å². The lowest BCUT2D eigenvalue weighted by Gasteiger charge is -2.24. The number of pyridine rings is 1. The molecule has 27 heavy (non-hydrogen) atoms. The van der Waals surface area contributed by atoms with Crippen molar-refractivity contribution in [3.05, 3.63) is 48.4 Å². The van der Waals surface area contributed by atoms with Gasteiger partial charge in [-0.05, 0) is 43.7 Å². The molecule has 8 heteroatoms. The Balaban J connectivity index is 1.61. The van der Waals surface area contributed by atoms with Crippen molar-refractivity contribution in [1.82, 2.24) is 20.3 Å². The van der Waals surface area contributed by atoms with E-state index in [0.29, 0.717) is 11.6 Å². The van der Waals surface area contributed by atoms with E-state index < -0.39 is 5.91 Å². The van der Waals surface area contributed by atoms with E-state index in [4.69, 9.17) is 5.73 Å². The average molecular weight is 363 g/mol.